The van der Waals surface area contributed by atoms with Crippen molar-refractivity contribution in [2.45, 2.75) is 32.8 Å². The summed E-state index contributed by atoms with van der Waals surface area (Å²) in [6.07, 6.45) is 1.23. The molecule has 1 fully saturated rings. The molecular formula is C15H20O6. The summed E-state index contributed by atoms with van der Waals surface area (Å²) >= 11 is 0. The average Bonchev–Trinajstić information content (AvgIpc) is 2.93. The van der Waals surface area contributed by atoms with Gasteiger partial charge in [-0.25, -0.2) is 0 Å². The quantitative estimate of drug-likeness (QED) is 0.557. The van der Waals surface area contributed by atoms with Gasteiger partial charge in [-0.2, -0.15) is 0 Å². The van der Waals surface area contributed by atoms with Crippen molar-refractivity contribution in [3.8, 4) is 0 Å². The second-order valence-electron chi connectivity index (χ2n) is 5.29. The summed E-state index contributed by atoms with van der Waals surface area (Å²) in [4.78, 5) is 36.4. The van der Waals surface area contributed by atoms with Gasteiger partial charge in [0.05, 0.1) is 13.2 Å². The van der Waals surface area contributed by atoms with E-state index in [1.54, 1.807) is 13.8 Å². The fourth-order valence-electron chi connectivity index (χ4n) is 3.19. The van der Waals surface area contributed by atoms with Crippen LogP contribution in [0.1, 0.15) is 26.7 Å². The second kappa shape index (κ2) is 5.97. The van der Waals surface area contributed by atoms with E-state index < -0.39 is 23.5 Å². The van der Waals surface area contributed by atoms with Crippen LogP contribution in [0.3, 0.4) is 0 Å². The van der Waals surface area contributed by atoms with E-state index in [0.717, 1.165) is 5.57 Å². The van der Waals surface area contributed by atoms with Gasteiger partial charge in [-0.15, -0.1) is 0 Å². The Morgan fingerprint density at radius 2 is 1.81 bits per heavy atom. The highest BCUT2D eigenvalue weighted by Gasteiger charge is 2.59. The molecule has 0 aromatic carbocycles. The molecule has 6 heteroatoms. The van der Waals surface area contributed by atoms with Gasteiger partial charge in [0.15, 0.2) is 11.2 Å². The van der Waals surface area contributed by atoms with Crippen LogP contribution >= 0.6 is 0 Å². The van der Waals surface area contributed by atoms with Crippen molar-refractivity contribution in [3.63, 3.8) is 0 Å². The Balaban J connectivity index is 2.32. The van der Waals surface area contributed by atoms with Gasteiger partial charge < -0.3 is 14.2 Å². The van der Waals surface area contributed by atoms with E-state index in [4.69, 9.17) is 14.2 Å². The lowest BCUT2D eigenvalue weighted by atomic mass is 9.83. The van der Waals surface area contributed by atoms with Crippen LogP contribution < -0.4 is 0 Å². The smallest absolute Gasteiger partial charge is 0.323 e. The third-order valence-electron chi connectivity index (χ3n) is 4.11. The van der Waals surface area contributed by atoms with Crippen LogP contribution in [0.4, 0.5) is 0 Å². The van der Waals surface area contributed by atoms with Crippen molar-refractivity contribution < 1.29 is 28.6 Å². The summed E-state index contributed by atoms with van der Waals surface area (Å²) in [5, 5.41) is 0. The van der Waals surface area contributed by atoms with Crippen molar-refractivity contribution in [2.24, 2.45) is 11.3 Å². The molecule has 2 atom stereocenters. The molecule has 0 spiro atoms. The van der Waals surface area contributed by atoms with E-state index in [-0.39, 0.29) is 37.8 Å². The maximum Gasteiger partial charge on any atom is 0.323 e. The molecule has 21 heavy (non-hydrogen) atoms. The molecule has 0 aromatic rings. The van der Waals surface area contributed by atoms with Crippen molar-refractivity contribution >= 4 is 17.7 Å². The zero-order valence-corrected chi connectivity index (χ0v) is 12.5. The Morgan fingerprint density at radius 3 is 2.29 bits per heavy atom. The molecule has 0 saturated heterocycles. The van der Waals surface area contributed by atoms with E-state index in [0.29, 0.717) is 0 Å². The van der Waals surface area contributed by atoms with E-state index in [2.05, 4.69) is 0 Å². The number of ether oxygens (including phenoxy) is 3. The number of methoxy groups -OCH3 is 1. The largest absolute Gasteiger partial charge is 0.465 e. The second-order valence-corrected chi connectivity index (χ2v) is 5.29. The van der Waals surface area contributed by atoms with Crippen molar-refractivity contribution in [2.75, 3.05) is 20.3 Å². The van der Waals surface area contributed by atoms with Gasteiger partial charge in [-0.05, 0) is 32.8 Å². The lowest BCUT2D eigenvalue weighted by Crippen LogP contribution is -2.41. The molecule has 2 aliphatic rings. The lowest BCUT2D eigenvalue weighted by molar-refractivity contribution is -0.172. The summed E-state index contributed by atoms with van der Waals surface area (Å²) in [6, 6.07) is 0. The topological polar surface area (TPSA) is 78.9 Å². The number of fused-ring (bicyclic) bond motifs is 1. The van der Waals surface area contributed by atoms with Crippen LogP contribution in [0, 0.1) is 11.3 Å². The number of carbonyl (C=O) groups excluding carboxylic acids is 3. The molecule has 0 bridgehead atoms. The van der Waals surface area contributed by atoms with Crippen LogP contribution in [0.25, 0.3) is 0 Å². The summed E-state index contributed by atoms with van der Waals surface area (Å²) in [5.74, 6) is -1.53. The highest BCUT2D eigenvalue weighted by molar-refractivity contribution is 6.04. The number of ketones is 1. The molecule has 0 aliphatic heterocycles. The predicted molar refractivity (Wildman–Crippen MR) is 72.3 cm³/mol. The fourth-order valence-corrected chi connectivity index (χ4v) is 3.19. The zero-order chi connectivity index (χ0) is 15.6. The molecule has 0 amide bonds. The Labute approximate surface area is 123 Å². The molecular weight excluding hydrogens is 276 g/mol. The molecule has 0 aromatic heterocycles. The van der Waals surface area contributed by atoms with Crippen LogP contribution in [0.15, 0.2) is 11.6 Å². The van der Waals surface area contributed by atoms with Crippen molar-refractivity contribution in [1.82, 2.24) is 0 Å². The average molecular weight is 296 g/mol. The maximum absolute atomic E-state index is 12.3. The maximum atomic E-state index is 12.3. The Bertz CT molecular complexity index is 474. The Hall–Kier alpha value is -1.69. The Morgan fingerprint density at radius 1 is 1.24 bits per heavy atom. The number of esters is 2. The number of rotatable bonds is 5. The highest BCUT2D eigenvalue weighted by atomic mass is 16.6. The first-order valence-corrected chi connectivity index (χ1v) is 7.11. The molecule has 0 radical (unpaired) electrons. The highest BCUT2D eigenvalue weighted by Crippen LogP contribution is 2.51. The minimum absolute atomic E-state index is 0.112. The van der Waals surface area contributed by atoms with Crippen molar-refractivity contribution in [1.29, 1.82) is 0 Å². The first kappa shape index (κ1) is 15.7. The van der Waals surface area contributed by atoms with E-state index >= 15 is 0 Å². The van der Waals surface area contributed by atoms with Gasteiger partial charge in [0.2, 0.25) is 0 Å². The van der Waals surface area contributed by atoms with Gasteiger partial charge in [-0.3, -0.25) is 14.4 Å². The third kappa shape index (κ3) is 2.48. The first-order valence-electron chi connectivity index (χ1n) is 7.11. The number of hydrogen-bond acceptors (Lipinski definition) is 6. The third-order valence-corrected chi connectivity index (χ3v) is 4.11. The molecule has 116 valence electrons. The zero-order valence-electron chi connectivity index (χ0n) is 12.5. The van der Waals surface area contributed by atoms with Gasteiger partial charge in [0.25, 0.3) is 0 Å². The monoisotopic (exact) mass is 296 g/mol. The van der Waals surface area contributed by atoms with Crippen LogP contribution in [0.5, 0.6) is 0 Å². The SMILES string of the molecule is CCOC(=O)C1(C(=O)OCC)CC2=CC(=O)[C@H](OC)[C@@H]2C1. The minimum Gasteiger partial charge on any atom is -0.465 e. The van der Waals surface area contributed by atoms with Gasteiger partial charge in [0, 0.05) is 13.0 Å². The molecule has 1 saturated carbocycles. The van der Waals surface area contributed by atoms with E-state index in [1.165, 1.54) is 13.2 Å². The first-order chi connectivity index (χ1) is 10.00. The van der Waals surface area contributed by atoms with E-state index in [1.807, 2.05) is 0 Å². The van der Waals surface area contributed by atoms with Gasteiger partial charge in [-0.1, -0.05) is 5.57 Å². The normalized spacial score (nSPS) is 26.2. The Kier molecular flexibility index (Phi) is 4.46. The summed E-state index contributed by atoms with van der Waals surface area (Å²) in [5.41, 5.74) is -0.576. The number of carbonyl (C=O) groups is 3. The minimum atomic E-state index is -1.35. The summed E-state index contributed by atoms with van der Waals surface area (Å²) in [6.45, 7) is 3.76. The fraction of sp³-hybridized carbons (Fsp3) is 0.667. The van der Waals surface area contributed by atoms with Crippen LogP contribution in [-0.4, -0.2) is 44.1 Å². The van der Waals surface area contributed by atoms with Crippen LogP contribution in [-0.2, 0) is 28.6 Å². The summed E-state index contributed by atoms with van der Waals surface area (Å²) in [7, 11) is 1.45. The standard InChI is InChI=1S/C15H20O6/c1-4-20-13(17)15(14(18)21-5-2)7-9-6-11(16)12(19-3)10(9)8-15/h6,10,12H,4-5,7-8H2,1-3H3/t10-,12-/m1/s1. The molecule has 2 aliphatic carbocycles. The van der Waals surface area contributed by atoms with Crippen LogP contribution in [0.2, 0.25) is 0 Å². The molecule has 2 rings (SSSR count). The number of hydrogen-bond donors (Lipinski definition) is 0. The molecule has 0 unspecified atom stereocenters. The predicted octanol–water partition coefficient (Wildman–Crippen LogP) is 1.03. The lowest BCUT2D eigenvalue weighted by Gasteiger charge is -2.25. The molecule has 0 heterocycles. The molecule has 0 N–H and O–H groups in total. The van der Waals surface area contributed by atoms with Gasteiger partial charge in [0.1, 0.15) is 6.10 Å². The van der Waals surface area contributed by atoms with Crippen molar-refractivity contribution in [3.05, 3.63) is 11.6 Å². The van der Waals surface area contributed by atoms with Gasteiger partial charge >= 0.3 is 11.9 Å². The summed E-state index contributed by atoms with van der Waals surface area (Å²) < 4.78 is 15.3. The molecule has 6 nitrogen and oxygen atoms in total. The van der Waals surface area contributed by atoms with E-state index in [9.17, 15) is 14.4 Å².